The molecule has 3 aliphatic heterocycles. The highest BCUT2D eigenvalue weighted by molar-refractivity contribution is 5.82. The Morgan fingerprint density at radius 1 is 1.10 bits per heavy atom. The topological polar surface area (TPSA) is 64.7 Å². The average molecular weight is 421 g/mol. The summed E-state index contributed by atoms with van der Waals surface area (Å²) in [6.07, 6.45) is 7.46. The molecule has 2 aliphatic carbocycles. The summed E-state index contributed by atoms with van der Waals surface area (Å²) in [6.45, 7) is 4.98. The predicted molar refractivity (Wildman–Crippen MR) is 113 cm³/mol. The fourth-order valence-corrected chi connectivity index (χ4v) is 6.95. The summed E-state index contributed by atoms with van der Waals surface area (Å²) in [5.74, 6) is 0.831. The van der Waals surface area contributed by atoms with Gasteiger partial charge >= 0.3 is 0 Å². The van der Waals surface area contributed by atoms with Gasteiger partial charge in [-0.05, 0) is 57.3 Å². The third kappa shape index (κ3) is 3.88. The van der Waals surface area contributed by atoms with Crippen LogP contribution in [0.2, 0.25) is 0 Å². The van der Waals surface area contributed by atoms with Crippen molar-refractivity contribution in [3.8, 4) is 0 Å². The standard InChI is InChI=1S/C23H37FN4O2/c1-14-5-7-19(24)18-12-20(26-22(14)18)23(30)25-15-3-2-4-16(11-15)27-9-10-28-17(13-27)6-8-21(28)29/h14-20,22,26H,2-13H2,1H3,(H,25,30)/t14?,15-,16-,17-,18?,19?,20?,22?/m1/s1. The molecule has 2 amide bonds. The van der Waals surface area contributed by atoms with Gasteiger partial charge in [0.1, 0.15) is 6.17 Å². The van der Waals surface area contributed by atoms with Gasteiger partial charge in [0, 0.05) is 56.1 Å². The zero-order valence-corrected chi connectivity index (χ0v) is 18.2. The fourth-order valence-electron chi connectivity index (χ4n) is 6.95. The van der Waals surface area contributed by atoms with E-state index in [1.165, 1.54) is 6.42 Å². The number of nitrogens with one attached hydrogen (secondary N) is 2. The van der Waals surface area contributed by atoms with Crippen LogP contribution < -0.4 is 10.6 Å². The molecule has 5 fully saturated rings. The molecule has 0 spiro atoms. The second kappa shape index (κ2) is 8.38. The average Bonchev–Trinajstić information content (AvgIpc) is 3.36. The maximum Gasteiger partial charge on any atom is 0.237 e. The molecule has 30 heavy (non-hydrogen) atoms. The van der Waals surface area contributed by atoms with Crippen molar-refractivity contribution in [3.63, 3.8) is 0 Å². The Morgan fingerprint density at radius 3 is 2.80 bits per heavy atom. The van der Waals surface area contributed by atoms with E-state index < -0.39 is 6.17 Å². The Kier molecular flexibility index (Phi) is 5.78. The molecule has 3 saturated heterocycles. The second-order valence-corrected chi connectivity index (χ2v) is 10.5. The van der Waals surface area contributed by atoms with Gasteiger partial charge in [-0.15, -0.1) is 0 Å². The summed E-state index contributed by atoms with van der Waals surface area (Å²) in [6, 6.07) is 1.00. The zero-order chi connectivity index (χ0) is 20.8. The highest BCUT2D eigenvalue weighted by Crippen LogP contribution is 2.38. The van der Waals surface area contributed by atoms with Gasteiger partial charge in [0.05, 0.1) is 6.04 Å². The van der Waals surface area contributed by atoms with Gasteiger partial charge in [0.25, 0.3) is 0 Å². The zero-order valence-electron chi connectivity index (χ0n) is 18.2. The third-order valence-electron chi connectivity index (χ3n) is 8.69. The quantitative estimate of drug-likeness (QED) is 0.731. The van der Waals surface area contributed by atoms with Gasteiger partial charge in [0.15, 0.2) is 0 Å². The molecule has 2 N–H and O–H groups in total. The van der Waals surface area contributed by atoms with Crippen molar-refractivity contribution in [2.24, 2.45) is 11.8 Å². The van der Waals surface area contributed by atoms with E-state index in [1.54, 1.807) is 0 Å². The van der Waals surface area contributed by atoms with E-state index >= 15 is 0 Å². The number of amides is 2. The maximum atomic E-state index is 14.4. The molecule has 6 nitrogen and oxygen atoms in total. The first kappa shape index (κ1) is 20.7. The van der Waals surface area contributed by atoms with Crippen molar-refractivity contribution in [1.82, 2.24) is 20.4 Å². The number of nitrogens with zero attached hydrogens (tertiary/aromatic N) is 2. The fraction of sp³-hybridized carbons (Fsp3) is 0.913. The first-order valence-corrected chi connectivity index (χ1v) is 12.2. The first-order chi connectivity index (χ1) is 14.5. The Hall–Kier alpha value is -1.21. The summed E-state index contributed by atoms with van der Waals surface area (Å²) in [4.78, 5) is 29.6. The molecule has 5 unspecified atom stereocenters. The van der Waals surface area contributed by atoms with E-state index in [2.05, 4.69) is 27.4 Å². The minimum Gasteiger partial charge on any atom is -0.352 e. The van der Waals surface area contributed by atoms with Crippen molar-refractivity contribution < 1.29 is 14.0 Å². The summed E-state index contributed by atoms with van der Waals surface area (Å²) in [5.41, 5.74) is 0. The van der Waals surface area contributed by atoms with Crippen LogP contribution in [0.25, 0.3) is 0 Å². The van der Waals surface area contributed by atoms with Crippen LogP contribution in [-0.4, -0.2) is 77.6 Å². The van der Waals surface area contributed by atoms with Crippen molar-refractivity contribution in [2.75, 3.05) is 19.6 Å². The van der Waals surface area contributed by atoms with E-state index in [-0.39, 0.29) is 30.0 Å². The van der Waals surface area contributed by atoms with E-state index in [0.717, 1.165) is 51.7 Å². The monoisotopic (exact) mass is 420 g/mol. The number of fused-ring (bicyclic) bond motifs is 2. The summed E-state index contributed by atoms with van der Waals surface area (Å²) in [5, 5.41) is 6.77. The molecule has 0 aromatic carbocycles. The van der Waals surface area contributed by atoms with Gasteiger partial charge in [0.2, 0.25) is 11.8 Å². The minimum atomic E-state index is -0.767. The van der Waals surface area contributed by atoms with Crippen LogP contribution in [0.4, 0.5) is 4.39 Å². The van der Waals surface area contributed by atoms with E-state index in [9.17, 15) is 14.0 Å². The molecule has 3 heterocycles. The summed E-state index contributed by atoms with van der Waals surface area (Å²) >= 11 is 0. The lowest BCUT2D eigenvalue weighted by molar-refractivity contribution is -0.131. The molecule has 8 atom stereocenters. The van der Waals surface area contributed by atoms with Crippen LogP contribution >= 0.6 is 0 Å². The first-order valence-electron chi connectivity index (χ1n) is 12.2. The molecule has 7 heteroatoms. The lowest BCUT2D eigenvalue weighted by atomic mass is 9.77. The Bertz CT molecular complexity index is 658. The van der Waals surface area contributed by atoms with Gasteiger partial charge in [-0.1, -0.05) is 6.92 Å². The normalized spacial score (nSPS) is 44.6. The van der Waals surface area contributed by atoms with Crippen LogP contribution in [0.5, 0.6) is 0 Å². The Morgan fingerprint density at radius 2 is 1.97 bits per heavy atom. The largest absolute Gasteiger partial charge is 0.352 e. The van der Waals surface area contributed by atoms with Gasteiger partial charge in [-0.3, -0.25) is 14.5 Å². The van der Waals surface area contributed by atoms with Crippen LogP contribution in [0.15, 0.2) is 0 Å². The Balaban J connectivity index is 1.14. The molecular formula is C23H37FN4O2. The SMILES string of the molecule is CC1CCC(F)C2CC(C(=O)N[C@@H]3CCC[C@@H](N4CCN5C(=O)CC[C@@H]5C4)C3)NC12. The molecule has 2 saturated carbocycles. The van der Waals surface area contributed by atoms with E-state index in [0.29, 0.717) is 43.2 Å². The number of carbonyl (C=O) groups is 2. The number of hydrogen-bond acceptors (Lipinski definition) is 4. The predicted octanol–water partition coefficient (Wildman–Crippen LogP) is 1.84. The lowest BCUT2D eigenvalue weighted by Gasteiger charge is -2.44. The highest BCUT2D eigenvalue weighted by Gasteiger charge is 2.46. The van der Waals surface area contributed by atoms with Crippen LogP contribution in [-0.2, 0) is 9.59 Å². The number of carbonyl (C=O) groups excluding carboxylic acids is 2. The lowest BCUT2D eigenvalue weighted by Crippen LogP contribution is -2.57. The molecule has 5 rings (SSSR count). The molecule has 0 radical (unpaired) electrons. The van der Waals surface area contributed by atoms with Crippen LogP contribution in [0.3, 0.4) is 0 Å². The second-order valence-electron chi connectivity index (χ2n) is 10.5. The highest BCUT2D eigenvalue weighted by atomic mass is 19.1. The number of hydrogen-bond donors (Lipinski definition) is 2. The number of alkyl halides is 1. The molecule has 0 aromatic heterocycles. The van der Waals surface area contributed by atoms with Crippen molar-refractivity contribution in [2.45, 2.75) is 101 Å². The summed E-state index contributed by atoms with van der Waals surface area (Å²) < 4.78 is 14.4. The minimum absolute atomic E-state index is 0.00554. The molecule has 0 bridgehead atoms. The Labute approximate surface area is 179 Å². The third-order valence-corrected chi connectivity index (χ3v) is 8.69. The molecule has 168 valence electrons. The summed E-state index contributed by atoms with van der Waals surface area (Å²) in [7, 11) is 0. The van der Waals surface area contributed by atoms with Crippen LogP contribution in [0.1, 0.15) is 64.7 Å². The molecule has 0 aromatic rings. The maximum absolute atomic E-state index is 14.4. The van der Waals surface area contributed by atoms with Gasteiger partial charge in [-0.2, -0.15) is 0 Å². The molecular weight excluding hydrogens is 383 g/mol. The van der Waals surface area contributed by atoms with Crippen molar-refractivity contribution in [3.05, 3.63) is 0 Å². The van der Waals surface area contributed by atoms with Gasteiger partial charge < -0.3 is 15.5 Å². The van der Waals surface area contributed by atoms with Gasteiger partial charge in [-0.25, -0.2) is 4.39 Å². The van der Waals surface area contributed by atoms with Crippen LogP contribution in [0, 0.1) is 11.8 Å². The van der Waals surface area contributed by atoms with Crippen molar-refractivity contribution in [1.29, 1.82) is 0 Å². The number of halogens is 1. The van der Waals surface area contributed by atoms with E-state index in [1.807, 2.05) is 0 Å². The smallest absolute Gasteiger partial charge is 0.237 e. The number of rotatable bonds is 3. The molecule has 5 aliphatic rings. The van der Waals surface area contributed by atoms with E-state index in [4.69, 9.17) is 0 Å². The van der Waals surface area contributed by atoms with Crippen molar-refractivity contribution >= 4 is 11.8 Å². The number of piperazine rings is 1.